The smallest absolute Gasteiger partial charge is 0.0938 e. The van der Waals surface area contributed by atoms with Crippen LogP contribution in [0.1, 0.15) is 0 Å². The van der Waals surface area contributed by atoms with Gasteiger partial charge >= 0.3 is 0 Å². The molecule has 0 saturated carbocycles. The summed E-state index contributed by atoms with van der Waals surface area (Å²) in [7, 11) is 3.83. The molecule has 0 aromatic carbocycles. The second-order valence-electron chi connectivity index (χ2n) is 1.86. The molecule has 7 heavy (non-hydrogen) atoms. The summed E-state index contributed by atoms with van der Waals surface area (Å²) in [5.41, 5.74) is 0. The van der Waals surface area contributed by atoms with Crippen LogP contribution in [0.4, 0.5) is 0 Å². The van der Waals surface area contributed by atoms with Crippen molar-refractivity contribution in [3.8, 4) is 0 Å². The van der Waals surface area contributed by atoms with Gasteiger partial charge in [-0.3, -0.25) is 0 Å². The van der Waals surface area contributed by atoms with E-state index in [0.29, 0.717) is 0 Å². The third-order valence-corrected chi connectivity index (χ3v) is 1.20. The molecule has 0 atom stereocenters. The molecular weight excluding hydrogens is 90.1 g/mol. The highest BCUT2D eigenvalue weighted by Gasteiger charge is 2.01. The van der Waals surface area contributed by atoms with E-state index in [-0.39, 0.29) is 0 Å². The van der Waals surface area contributed by atoms with Crippen molar-refractivity contribution in [1.82, 2.24) is 0 Å². The summed E-state index contributed by atoms with van der Waals surface area (Å²) in [6.45, 7) is 3.91. The average molecular weight is 101 g/mol. The zero-order valence-corrected chi connectivity index (χ0v) is 4.44. The Hall–Kier alpha value is -0.0800. The Labute approximate surface area is 44.1 Å². The molecular formula is C5H11NO. The molecule has 42 valence electrons. The maximum atomic E-state index is 5.08. The molecule has 1 fully saturated rings. The highest BCUT2D eigenvalue weighted by Crippen LogP contribution is 1.72. The van der Waals surface area contributed by atoms with Crippen LogP contribution in [0.2, 0.25) is 0 Å². The first-order chi connectivity index (χ1) is 3.39. The Morgan fingerprint density at radius 1 is 1.29 bits per heavy atom. The molecule has 2 heteroatoms. The molecule has 0 aromatic rings. The molecule has 0 amide bonds. The van der Waals surface area contributed by atoms with Gasteiger partial charge in [0.05, 0.1) is 26.3 Å². The Kier molecular flexibility index (Phi) is 1.65. The number of ether oxygens (including phenoxy) is 1. The van der Waals surface area contributed by atoms with Crippen LogP contribution in [-0.2, 0) is 4.74 Å². The fourth-order valence-electron chi connectivity index (χ4n) is 0.660. The van der Waals surface area contributed by atoms with Crippen LogP contribution in [0.15, 0.2) is 0 Å². The van der Waals surface area contributed by atoms with E-state index in [9.17, 15) is 0 Å². The van der Waals surface area contributed by atoms with Crippen LogP contribution in [0.3, 0.4) is 0 Å². The minimum Gasteiger partial charge on any atom is -0.464 e. The van der Waals surface area contributed by atoms with Crippen LogP contribution in [-0.4, -0.2) is 26.3 Å². The van der Waals surface area contributed by atoms with Gasteiger partial charge in [0.2, 0.25) is 0 Å². The second kappa shape index (κ2) is 2.28. The number of hydrogen-bond acceptors (Lipinski definition) is 1. The molecule has 0 aromatic heterocycles. The van der Waals surface area contributed by atoms with E-state index in [0.717, 1.165) is 26.3 Å². The third kappa shape index (κ3) is 1.45. The lowest BCUT2D eigenvalue weighted by atomic mass is 10.5. The molecule has 0 bridgehead atoms. The Morgan fingerprint density at radius 2 is 1.86 bits per heavy atom. The molecule has 0 aliphatic carbocycles. The van der Waals surface area contributed by atoms with Gasteiger partial charge < -0.3 is 9.64 Å². The Morgan fingerprint density at radius 3 is 2.14 bits per heavy atom. The predicted octanol–water partition coefficient (Wildman–Crippen LogP) is -1.31. The van der Waals surface area contributed by atoms with Crippen LogP contribution in [0.5, 0.6) is 0 Å². The number of quaternary nitrogens is 1. The minimum absolute atomic E-state index is 0.888. The van der Waals surface area contributed by atoms with Crippen LogP contribution >= 0.6 is 0 Å². The molecule has 1 aliphatic heterocycles. The molecule has 1 aliphatic rings. The fourth-order valence-corrected chi connectivity index (χ4v) is 0.660. The van der Waals surface area contributed by atoms with Gasteiger partial charge in [0.15, 0.2) is 0 Å². The van der Waals surface area contributed by atoms with E-state index in [4.69, 9.17) is 4.74 Å². The summed E-state index contributed by atoms with van der Waals surface area (Å²) in [6.07, 6.45) is 0. The largest absolute Gasteiger partial charge is 0.464 e. The zero-order valence-electron chi connectivity index (χ0n) is 4.44. The van der Waals surface area contributed by atoms with Crippen molar-refractivity contribution >= 4 is 0 Å². The normalized spacial score (nSPS) is 25.3. The number of nitrogens with one attached hydrogen (secondary N) is 1. The van der Waals surface area contributed by atoms with Gasteiger partial charge in [-0.05, 0) is 0 Å². The SMILES string of the molecule is [CH2-][NH+]1CCOCC1. The zero-order chi connectivity index (χ0) is 5.11. The summed E-state index contributed by atoms with van der Waals surface area (Å²) in [6, 6.07) is 0. The van der Waals surface area contributed by atoms with E-state index in [2.05, 4.69) is 7.05 Å². The van der Waals surface area contributed by atoms with Crippen molar-refractivity contribution in [3.05, 3.63) is 7.05 Å². The lowest BCUT2D eigenvalue weighted by molar-refractivity contribution is -0.862. The van der Waals surface area contributed by atoms with Crippen molar-refractivity contribution in [2.45, 2.75) is 0 Å². The fraction of sp³-hybridized carbons (Fsp3) is 0.800. The average Bonchev–Trinajstić information content (AvgIpc) is 1.69. The van der Waals surface area contributed by atoms with Gasteiger partial charge in [-0.25, -0.2) is 0 Å². The molecule has 2 nitrogen and oxygen atoms in total. The highest BCUT2D eigenvalue weighted by atomic mass is 16.5. The standard InChI is InChI=1S/C5H11NO/c1-6-2-4-7-5-3-6/h6H,1-5H2. The highest BCUT2D eigenvalue weighted by molar-refractivity contribution is 4.35. The Bertz CT molecular complexity index is 50.0. The van der Waals surface area contributed by atoms with E-state index < -0.39 is 0 Å². The summed E-state index contributed by atoms with van der Waals surface area (Å²) in [5.74, 6) is 0. The molecule has 1 rings (SSSR count). The third-order valence-electron chi connectivity index (χ3n) is 1.20. The lowest BCUT2D eigenvalue weighted by Crippen LogP contribution is -3.09. The van der Waals surface area contributed by atoms with Crippen molar-refractivity contribution < 1.29 is 9.64 Å². The van der Waals surface area contributed by atoms with Crippen LogP contribution < -0.4 is 4.90 Å². The number of hydrogen-bond donors (Lipinski definition) is 1. The topological polar surface area (TPSA) is 13.7 Å². The van der Waals surface area contributed by atoms with Crippen LogP contribution in [0, 0.1) is 7.05 Å². The molecule has 0 unspecified atom stereocenters. The summed E-state index contributed by atoms with van der Waals surface area (Å²) >= 11 is 0. The van der Waals surface area contributed by atoms with E-state index in [1.165, 1.54) is 4.90 Å². The van der Waals surface area contributed by atoms with E-state index in [1.807, 2.05) is 0 Å². The molecule has 0 radical (unpaired) electrons. The van der Waals surface area contributed by atoms with Crippen molar-refractivity contribution in [2.24, 2.45) is 0 Å². The molecule has 1 saturated heterocycles. The first kappa shape index (κ1) is 5.06. The summed E-state index contributed by atoms with van der Waals surface area (Å²) in [5, 5.41) is 0. The maximum Gasteiger partial charge on any atom is 0.0938 e. The summed E-state index contributed by atoms with van der Waals surface area (Å²) < 4.78 is 5.08. The minimum atomic E-state index is 0.888. The monoisotopic (exact) mass is 101 g/mol. The molecule has 1 N–H and O–H groups in total. The maximum absolute atomic E-state index is 5.08. The van der Waals surface area contributed by atoms with E-state index in [1.54, 1.807) is 0 Å². The van der Waals surface area contributed by atoms with Crippen LogP contribution in [0.25, 0.3) is 0 Å². The molecule has 0 spiro atoms. The van der Waals surface area contributed by atoms with Crippen molar-refractivity contribution in [3.63, 3.8) is 0 Å². The van der Waals surface area contributed by atoms with Gasteiger partial charge in [0.25, 0.3) is 0 Å². The Balaban J connectivity index is 2.12. The van der Waals surface area contributed by atoms with Gasteiger partial charge in [-0.1, -0.05) is 0 Å². The quantitative estimate of drug-likeness (QED) is 0.374. The summed E-state index contributed by atoms with van der Waals surface area (Å²) in [4.78, 5) is 1.34. The molecule has 1 heterocycles. The van der Waals surface area contributed by atoms with Crippen molar-refractivity contribution in [1.29, 1.82) is 0 Å². The first-order valence-electron chi connectivity index (χ1n) is 2.64. The predicted molar refractivity (Wildman–Crippen MR) is 26.9 cm³/mol. The van der Waals surface area contributed by atoms with E-state index >= 15 is 0 Å². The van der Waals surface area contributed by atoms with Gasteiger partial charge in [-0.2, -0.15) is 7.05 Å². The van der Waals surface area contributed by atoms with Gasteiger partial charge in [-0.15, -0.1) is 0 Å². The second-order valence-corrected chi connectivity index (χ2v) is 1.86. The van der Waals surface area contributed by atoms with Gasteiger partial charge in [0.1, 0.15) is 0 Å². The number of morpholine rings is 1. The lowest BCUT2D eigenvalue weighted by Gasteiger charge is -2.24. The number of rotatable bonds is 0. The first-order valence-corrected chi connectivity index (χ1v) is 2.64. The van der Waals surface area contributed by atoms with Gasteiger partial charge in [0, 0.05) is 0 Å². The van der Waals surface area contributed by atoms with Crippen molar-refractivity contribution in [2.75, 3.05) is 26.3 Å².